The predicted octanol–water partition coefficient (Wildman–Crippen LogP) is 21.4. The molecule has 6 nitrogen and oxygen atoms in total. The molecule has 0 bridgehead atoms. The average Bonchev–Trinajstić information content (AvgIpc) is 3.41. The first-order chi connectivity index (χ1) is 37.0. The number of allylic oxidation sites excluding steroid dienone is 18. The molecule has 0 radical (unpaired) electrons. The number of carbonyl (C=O) groups excluding carboxylic acids is 3. The monoisotopic (exact) mass is 1040 g/mol. The Labute approximate surface area is 463 Å². The topological polar surface area (TPSA) is 78.9 Å². The maximum Gasteiger partial charge on any atom is 0.306 e. The van der Waals surface area contributed by atoms with Gasteiger partial charge in [0.2, 0.25) is 0 Å². The molecular weight excluding hydrogens is 925 g/mol. The van der Waals surface area contributed by atoms with Crippen molar-refractivity contribution in [3.8, 4) is 0 Å². The molecule has 6 heteroatoms. The zero-order valence-electron chi connectivity index (χ0n) is 49.0. The first-order valence-corrected chi connectivity index (χ1v) is 31.4. The molecule has 0 amide bonds. The molecule has 0 saturated carbocycles. The van der Waals surface area contributed by atoms with E-state index in [4.69, 9.17) is 14.2 Å². The van der Waals surface area contributed by atoms with Crippen LogP contribution in [-0.4, -0.2) is 37.2 Å². The van der Waals surface area contributed by atoms with Gasteiger partial charge in [0.25, 0.3) is 0 Å². The summed E-state index contributed by atoms with van der Waals surface area (Å²) >= 11 is 0. The van der Waals surface area contributed by atoms with Crippen LogP contribution in [0, 0.1) is 0 Å². The summed E-state index contributed by atoms with van der Waals surface area (Å²) in [6, 6.07) is 0. The Morgan fingerprint density at radius 2 is 0.520 bits per heavy atom. The van der Waals surface area contributed by atoms with Crippen molar-refractivity contribution in [2.24, 2.45) is 0 Å². The van der Waals surface area contributed by atoms with Crippen molar-refractivity contribution in [2.45, 2.75) is 297 Å². The van der Waals surface area contributed by atoms with Gasteiger partial charge in [0.15, 0.2) is 6.10 Å². The van der Waals surface area contributed by atoms with Crippen LogP contribution in [0.15, 0.2) is 109 Å². The number of esters is 3. The SMILES string of the molecule is CC/C=C\C/C=C\C/C=C\C/C=C\C/C=C\CCCCCC(=O)OC(COC(=O)CCCCCCCCCC/C=C\C/C=C\C/C=C\C/C=C\CC)COC(=O)CCCCCCCCCCCCCCCCCCC. The summed E-state index contributed by atoms with van der Waals surface area (Å²) in [4.78, 5) is 38.3. The number of unbranched alkanes of at least 4 members (excludes halogenated alkanes) is 27. The molecule has 1 unspecified atom stereocenters. The van der Waals surface area contributed by atoms with Crippen molar-refractivity contribution in [1.29, 1.82) is 0 Å². The van der Waals surface area contributed by atoms with Gasteiger partial charge < -0.3 is 14.2 Å². The highest BCUT2D eigenvalue weighted by atomic mass is 16.6. The minimum atomic E-state index is -0.801. The molecule has 75 heavy (non-hydrogen) atoms. The molecule has 0 aliphatic rings. The Bertz CT molecular complexity index is 1520. The van der Waals surface area contributed by atoms with Crippen LogP contribution < -0.4 is 0 Å². The number of rotatable bonds is 56. The zero-order chi connectivity index (χ0) is 54.3. The number of hydrogen-bond acceptors (Lipinski definition) is 6. The first kappa shape index (κ1) is 71.1. The van der Waals surface area contributed by atoms with Gasteiger partial charge in [-0.05, 0) is 103 Å². The molecule has 0 saturated heterocycles. The van der Waals surface area contributed by atoms with Crippen LogP contribution in [0.4, 0.5) is 0 Å². The summed E-state index contributed by atoms with van der Waals surface area (Å²) in [5.74, 6) is -0.925. The van der Waals surface area contributed by atoms with E-state index in [0.717, 1.165) is 128 Å². The largest absolute Gasteiger partial charge is 0.462 e. The molecule has 0 heterocycles. The van der Waals surface area contributed by atoms with Gasteiger partial charge in [0.1, 0.15) is 13.2 Å². The second-order valence-electron chi connectivity index (χ2n) is 20.6. The highest BCUT2D eigenvalue weighted by Gasteiger charge is 2.19. The van der Waals surface area contributed by atoms with Crippen LogP contribution in [-0.2, 0) is 28.6 Å². The van der Waals surface area contributed by atoms with E-state index in [1.54, 1.807) is 0 Å². The lowest BCUT2D eigenvalue weighted by Crippen LogP contribution is -2.30. The number of ether oxygens (including phenoxy) is 3. The van der Waals surface area contributed by atoms with Crippen LogP contribution >= 0.6 is 0 Å². The maximum atomic E-state index is 12.9. The summed E-state index contributed by atoms with van der Waals surface area (Å²) in [5, 5.41) is 0. The van der Waals surface area contributed by atoms with Crippen LogP contribution in [0.3, 0.4) is 0 Å². The van der Waals surface area contributed by atoms with Crippen LogP contribution in [0.5, 0.6) is 0 Å². The Balaban J connectivity index is 4.45. The van der Waals surface area contributed by atoms with Crippen molar-refractivity contribution in [1.82, 2.24) is 0 Å². The fraction of sp³-hybridized carbons (Fsp3) is 0.696. The van der Waals surface area contributed by atoms with Crippen molar-refractivity contribution in [2.75, 3.05) is 13.2 Å². The molecule has 0 fully saturated rings. The third kappa shape index (κ3) is 60.8. The molecular formula is C69H116O6. The lowest BCUT2D eigenvalue weighted by atomic mass is 10.0. The Hall–Kier alpha value is -3.93. The van der Waals surface area contributed by atoms with Gasteiger partial charge in [-0.1, -0.05) is 278 Å². The first-order valence-electron chi connectivity index (χ1n) is 31.4. The van der Waals surface area contributed by atoms with Crippen molar-refractivity contribution in [3.05, 3.63) is 109 Å². The van der Waals surface area contributed by atoms with E-state index < -0.39 is 6.10 Å². The lowest BCUT2D eigenvalue weighted by molar-refractivity contribution is -0.167. The standard InChI is InChI=1S/C69H116O6/c1-4-7-10-13-16-19-22-25-28-31-33-34-36-38-41-44-47-50-53-56-59-62-68(71)74-65-66(64-73-67(70)61-58-55-52-49-46-43-40-37-30-27-24-21-18-15-12-9-6-3)75-69(72)63-60-57-54-51-48-45-42-39-35-32-29-26-23-20-17-14-11-8-5-2/h7-8,10-11,16-17,19-20,25-26,28-29,33-35,39,45,48,66H,4-6,9,12-15,18,21-24,27,30-32,36-38,40-44,46-47,49-65H2,1-3H3/b10-7-,11-8-,19-16-,20-17-,28-25-,29-26-,34-33-,39-35-,48-45-. The van der Waals surface area contributed by atoms with Gasteiger partial charge in [-0.15, -0.1) is 0 Å². The number of hydrogen-bond donors (Lipinski definition) is 0. The normalized spacial score (nSPS) is 12.8. The van der Waals surface area contributed by atoms with E-state index >= 15 is 0 Å². The fourth-order valence-electron chi connectivity index (χ4n) is 8.64. The minimum Gasteiger partial charge on any atom is -0.462 e. The van der Waals surface area contributed by atoms with Crippen molar-refractivity contribution >= 4 is 17.9 Å². The highest BCUT2D eigenvalue weighted by molar-refractivity contribution is 5.71. The summed E-state index contributed by atoms with van der Waals surface area (Å²) in [5.41, 5.74) is 0. The second-order valence-corrected chi connectivity index (χ2v) is 20.6. The molecule has 1 atom stereocenters. The van der Waals surface area contributed by atoms with E-state index in [2.05, 4.69) is 130 Å². The molecule has 0 aliphatic carbocycles. The van der Waals surface area contributed by atoms with E-state index in [9.17, 15) is 14.4 Å². The van der Waals surface area contributed by atoms with Gasteiger partial charge in [-0.25, -0.2) is 0 Å². The molecule has 428 valence electrons. The van der Waals surface area contributed by atoms with E-state index in [0.29, 0.717) is 12.8 Å². The van der Waals surface area contributed by atoms with Gasteiger partial charge in [0.05, 0.1) is 0 Å². The van der Waals surface area contributed by atoms with E-state index in [1.807, 2.05) is 0 Å². The van der Waals surface area contributed by atoms with E-state index in [1.165, 1.54) is 122 Å². The van der Waals surface area contributed by atoms with Gasteiger partial charge in [0, 0.05) is 19.3 Å². The van der Waals surface area contributed by atoms with Gasteiger partial charge >= 0.3 is 17.9 Å². The Kier molecular flexibility index (Phi) is 59.3. The predicted molar refractivity (Wildman–Crippen MR) is 325 cm³/mol. The highest BCUT2D eigenvalue weighted by Crippen LogP contribution is 2.16. The molecule has 0 N–H and O–H groups in total. The van der Waals surface area contributed by atoms with Crippen molar-refractivity contribution in [3.63, 3.8) is 0 Å². The maximum absolute atomic E-state index is 12.9. The molecule has 0 rings (SSSR count). The second kappa shape index (κ2) is 62.6. The summed E-state index contributed by atoms with van der Waals surface area (Å²) in [6.45, 7) is 6.41. The molecule has 0 aliphatic heterocycles. The summed E-state index contributed by atoms with van der Waals surface area (Å²) in [6.07, 6.45) is 85.1. The molecule has 0 spiro atoms. The Morgan fingerprint density at radius 3 is 0.827 bits per heavy atom. The summed E-state index contributed by atoms with van der Waals surface area (Å²) in [7, 11) is 0. The van der Waals surface area contributed by atoms with Crippen LogP contribution in [0.2, 0.25) is 0 Å². The average molecular weight is 1040 g/mol. The third-order valence-electron chi connectivity index (χ3n) is 13.3. The Morgan fingerprint density at radius 1 is 0.280 bits per heavy atom. The molecule has 0 aromatic rings. The minimum absolute atomic E-state index is 0.0929. The smallest absolute Gasteiger partial charge is 0.306 e. The van der Waals surface area contributed by atoms with Gasteiger partial charge in [-0.3, -0.25) is 14.4 Å². The quantitative estimate of drug-likeness (QED) is 0.0261. The number of carbonyl (C=O) groups is 3. The third-order valence-corrected chi connectivity index (χ3v) is 13.3. The van der Waals surface area contributed by atoms with Crippen LogP contribution in [0.25, 0.3) is 0 Å². The molecule has 0 aromatic heterocycles. The molecule has 0 aromatic carbocycles. The van der Waals surface area contributed by atoms with Crippen LogP contribution in [0.1, 0.15) is 290 Å². The van der Waals surface area contributed by atoms with Gasteiger partial charge in [-0.2, -0.15) is 0 Å². The zero-order valence-corrected chi connectivity index (χ0v) is 49.0. The fourth-order valence-corrected chi connectivity index (χ4v) is 8.64. The lowest BCUT2D eigenvalue weighted by Gasteiger charge is -2.18. The summed E-state index contributed by atoms with van der Waals surface area (Å²) < 4.78 is 16.9. The van der Waals surface area contributed by atoms with Crippen molar-refractivity contribution < 1.29 is 28.6 Å². The van der Waals surface area contributed by atoms with E-state index in [-0.39, 0.29) is 37.5 Å².